The number of halogens is 1. The third-order valence-electron chi connectivity index (χ3n) is 4.98. The summed E-state index contributed by atoms with van der Waals surface area (Å²) in [5.74, 6) is 0.547. The number of pyridine rings is 1. The summed E-state index contributed by atoms with van der Waals surface area (Å²) in [6, 6.07) is 3.72. The van der Waals surface area contributed by atoms with Crippen molar-refractivity contribution in [2.24, 2.45) is 12.8 Å². The number of rotatable bonds is 3. The summed E-state index contributed by atoms with van der Waals surface area (Å²) in [6.45, 7) is 1.70. The van der Waals surface area contributed by atoms with Gasteiger partial charge in [-0.1, -0.05) is 11.6 Å². The van der Waals surface area contributed by atoms with E-state index in [1.807, 2.05) is 13.1 Å². The van der Waals surface area contributed by atoms with Gasteiger partial charge < -0.3 is 21.7 Å². The smallest absolute Gasteiger partial charge is 0.261 e. The molecule has 1 aliphatic rings. The summed E-state index contributed by atoms with van der Waals surface area (Å²) in [5, 5.41) is 8.03. The number of carbonyl (C=O) groups is 1. The number of fused-ring (bicyclic) bond motifs is 1. The molecule has 0 unspecified atom stereocenters. The number of aryl methyl sites for hydroxylation is 1. The molecule has 4 rings (SSSR count). The number of nitrogen functional groups attached to an aromatic ring is 1. The van der Waals surface area contributed by atoms with E-state index in [0.717, 1.165) is 42.9 Å². The van der Waals surface area contributed by atoms with Crippen LogP contribution in [0.15, 0.2) is 18.3 Å². The van der Waals surface area contributed by atoms with E-state index < -0.39 is 0 Å². The quantitative estimate of drug-likeness (QED) is 0.562. The summed E-state index contributed by atoms with van der Waals surface area (Å²) >= 11 is 7.33. The monoisotopic (exact) mass is 419 g/mol. The number of nitrogens with one attached hydrogen (secondary N) is 1. The minimum absolute atomic E-state index is 0.212. The lowest BCUT2D eigenvalue weighted by molar-refractivity contribution is 0.102. The van der Waals surface area contributed by atoms with Crippen LogP contribution in [0.25, 0.3) is 10.2 Å². The minimum Gasteiger partial charge on any atom is -0.390 e. The van der Waals surface area contributed by atoms with Crippen molar-refractivity contribution in [3.05, 3.63) is 29.0 Å². The molecule has 28 heavy (non-hydrogen) atoms. The Labute approximate surface area is 171 Å². The van der Waals surface area contributed by atoms with Gasteiger partial charge in [0.15, 0.2) is 5.82 Å². The Bertz CT molecular complexity index is 1030. The number of amides is 1. The Kier molecular flexibility index (Phi) is 5.13. The van der Waals surface area contributed by atoms with E-state index in [1.54, 1.807) is 16.9 Å². The molecule has 0 aromatic carbocycles. The largest absolute Gasteiger partial charge is 0.390 e. The number of carbonyl (C=O) groups excluding carboxylic acids is 1. The molecular formula is C18H22ClN7OS. The molecule has 8 nitrogen and oxygen atoms in total. The standard InChI is InChI=1S/C18H22ClN7OS/c1-25-18(26-7-2-3-10(20)6-8-26)11(9-22-25)23-17(27)14-15-12(28-16(14)21)4-5-13(19)24-15/h4-5,9-10H,2-3,6-8,20-21H2,1H3,(H,23,27)/t10-/m0/s1. The molecule has 1 atom stereocenters. The highest BCUT2D eigenvalue weighted by atomic mass is 35.5. The van der Waals surface area contributed by atoms with Crippen molar-refractivity contribution < 1.29 is 4.79 Å². The molecule has 10 heteroatoms. The molecule has 1 aliphatic heterocycles. The summed E-state index contributed by atoms with van der Waals surface area (Å²) in [6.07, 6.45) is 4.57. The van der Waals surface area contributed by atoms with Gasteiger partial charge in [-0.3, -0.25) is 9.48 Å². The summed E-state index contributed by atoms with van der Waals surface area (Å²) in [5.41, 5.74) is 13.7. The second-order valence-corrected chi connectivity index (χ2v) is 8.43. The van der Waals surface area contributed by atoms with E-state index in [2.05, 4.69) is 20.3 Å². The third kappa shape index (κ3) is 3.52. The molecule has 0 radical (unpaired) electrons. The number of hydrogen-bond donors (Lipinski definition) is 3. The van der Waals surface area contributed by atoms with Gasteiger partial charge in [0.05, 0.1) is 16.4 Å². The van der Waals surface area contributed by atoms with Crippen LogP contribution < -0.4 is 21.7 Å². The second-order valence-electron chi connectivity index (χ2n) is 6.96. The predicted octanol–water partition coefficient (Wildman–Crippen LogP) is 2.84. The average Bonchev–Trinajstić information content (AvgIpc) is 3.07. The lowest BCUT2D eigenvalue weighted by atomic mass is 10.1. The van der Waals surface area contributed by atoms with Crippen molar-refractivity contribution in [1.29, 1.82) is 0 Å². The summed E-state index contributed by atoms with van der Waals surface area (Å²) in [4.78, 5) is 19.6. The van der Waals surface area contributed by atoms with Gasteiger partial charge in [-0.15, -0.1) is 11.3 Å². The number of thiophene rings is 1. The van der Waals surface area contributed by atoms with Crippen molar-refractivity contribution in [3.63, 3.8) is 0 Å². The fourth-order valence-corrected chi connectivity index (χ4v) is 4.66. The van der Waals surface area contributed by atoms with Crippen LogP contribution in [-0.4, -0.2) is 39.8 Å². The van der Waals surface area contributed by atoms with Crippen LogP contribution in [0.3, 0.4) is 0 Å². The number of anilines is 3. The van der Waals surface area contributed by atoms with Crippen LogP contribution in [-0.2, 0) is 7.05 Å². The molecular weight excluding hydrogens is 398 g/mol. The summed E-state index contributed by atoms with van der Waals surface area (Å²) in [7, 11) is 1.87. The minimum atomic E-state index is -0.320. The fraction of sp³-hybridized carbons (Fsp3) is 0.389. The Morgan fingerprint density at radius 2 is 2.18 bits per heavy atom. The van der Waals surface area contributed by atoms with Gasteiger partial charge in [0, 0.05) is 26.2 Å². The molecule has 0 bridgehead atoms. The first-order valence-corrected chi connectivity index (χ1v) is 10.3. The van der Waals surface area contributed by atoms with Gasteiger partial charge in [-0.2, -0.15) is 5.10 Å². The SMILES string of the molecule is Cn1ncc(NC(=O)c2c(N)sc3ccc(Cl)nc23)c1N1CCC[C@H](N)CC1. The van der Waals surface area contributed by atoms with Crippen molar-refractivity contribution >= 4 is 55.6 Å². The van der Waals surface area contributed by atoms with Crippen LogP contribution >= 0.6 is 22.9 Å². The average molecular weight is 420 g/mol. The van der Waals surface area contributed by atoms with E-state index in [-0.39, 0.29) is 11.9 Å². The molecule has 5 N–H and O–H groups in total. The lowest BCUT2D eigenvalue weighted by Gasteiger charge is -2.24. The Morgan fingerprint density at radius 1 is 1.36 bits per heavy atom. The van der Waals surface area contributed by atoms with Gasteiger partial charge >= 0.3 is 0 Å². The molecule has 148 valence electrons. The molecule has 3 aromatic heterocycles. The van der Waals surface area contributed by atoms with Crippen LogP contribution in [0.2, 0.25) is 5.15 Å². The van der Waals surface area contributed by atoms with Crippen LogP contribution in [0.4, 0.5) is 16.5 Å². The zero-order valence-electron chi connectivity index (χ0n) is 15.5. The highest BCUT2D eigenvalue weighted by Crippen LogP contribution is 2.35. The van der Waals surface area contributed by atoms with Crippen LogP contribution in [0.1, 0.15) is 29.6 Å². The molecule has 4 heterocycles. The number of nitrogens with zero attached hydrogens (tertiary/aromatic N) is 4. The van der Waals surface area contributed by atoms with Crippen LogP contribution in [0, 0.1) is 0 Å². The van der Waals surface area contributed by atoms with E-state index >= 15 is 0 Å². The Morgan fingerprint density at radius 3 is 3.00 bits per heavy atom. The van der Waals surface area contributed by atoms with Crippen LogP contribution in [0.5, 0.6) is 0 Å². The lowest BCUT2D eigenvalue weighted by Crippen LogP contribution is -2.29. The maximum Gasteiger partial charge on any atom is 0.261 e. The first kappa shape index (κ1) is 19.0. The Balaban J connectivity index is 1.65. The number of aromatic nitrogens is 3. The maximum atomic E-state index is 13.0. The molecule has 1 saturated heterocycles. The highest BCUT2D eigenvalue weighted by molar-refractivity contribution is 7.23. The predicted molar refractivity (Wildman–Crippen MR) is 114 cm³/mol. The third-order valence-corrected chi connectivity index (χ3v) is 6.17. The van der Waals surface area contributed by atoms with Gasteiger partial charge in [-0.05, 0) is 31.4 Å². The molecule has 3 aromatic rings. The first-order chi connectivity index (χ1) is 13.4. The van der Waals surface area contributed by atoms with Gasteiger partial charge in [0.1, 0.15) is 21.4 Å². The van der Waals surface area contributed by atoms with Gasteiger partial charge in [0.2, 0.25) is 0 Å². The maximum absolute atomic E-state index is 13.0. The molecule has 0 aliphatic carbocycles. The fourth-order valence-electron chi connectivity index (χ4n) is 3.60. The highest BCUT2D eigenvalue weighted by Gasteiger charge is 2.24. The molecule has 0 saturated carbocycles. The van der Waals surface area contributed by atoms with E-state index in [4.69, 9.17) is 23.1 Å². The summed E-state index contributed by atoms with van der Waals surface area (Å²) < 4.78 is 2.59. The zero-order valence-corrected chi connectivity index (χ0v) is 17.1. The molecule has 1 amide bonds. The normalized spacial score (nSPS) is 17.7. The molecule has 1 fully saturated rings. The van der Waals surface area contributed by atoms with Crippen molar-refractivity contribution in [2.45, 2.75) is 25.3 Å². The second kappa shape index (κ2) is 7.57. The number of nitrogens with two attached hydrogens (primary N) is 2. The van der Waals surface area contributed by atoms with Crippen molar-refractivity contribution in [3.8, 4) is 0 Å². The van der Waals surface area contributed by atoms with E-state index in [9.17, 15) is 4.79 Å². The van der Waals surface area contributed by atoms with Crippen molar-refractivity contribution in [1.82, 2.24) is 14.8 Å². The topological polar surface area (TPSA) is 115 Å². The van der Waals surface area contributed by atoms with Gasteiger partial charge in [-0.25, -0.2) is 4.98 Å². The van der Waals surface area contributed by atoms with E-state index in [0.29, 0.717) is 26.9 Å². The number of hydrogen-bond acceptors (Lipinski definition) is 7. The molecule has 0 spiro atoms. The van der Waals surface area contributed by atoms with Crippen molar-refractivity contribution in [2.75, 3.05) is 29.0 Å². The van der Waals surface area contributed by atoms with Gasteiger partial charge in [0.25, 0.3) is 5.91 Å². The zero-order chi connectivity index (χ0) is 19.8. The van der Waals surface area contributed by atoms with E-state index in [1.165, 1.54) is 11.3 Å². The Hall–Kier alpha value is -2.36. The first-order valence-electron chi connectivity index (χ1n) is 9.12.